The lowest BCUT2D eigenvalue weighted by Crippen LogP contribution is -2.36. The Balaban J connectivity index is 2.35. The van der Waals surface area contributed by atoms with Gasteiger partial charge in [0.15, 0.2) is 0 Å². The highest BCUT2D eigenvalue weighted by Gasteiger charge is 2.25. The Morgan fingerprint density at radius 3 is 2.56 bits per heavy atom. The summed E-state index contributed by atoms with van der Waals surface area (Å²) in [5, 5.41) is 3.16. The third-order valence-electron chi connectivity index (χ3n) is 2.49. The van der Waals surface area contributed by atoms with Crippen LogP contribution in [0.25, 0.3) is 0 Å². The Morgan fingerprint density at radius 1 is 1.38 bits per heavy atom. The zero-order chi connectivity index (χ0) is 12.2. The minimum atomic E-state index is -0.512. The predicted octanol–water partition coefficient (Wildman–Crippen LogP) is 1.29. The monoisotopic (exact) mass is 227 g/mol. The summed E-state index contributed by atoms with van der Waals surface area (Å²) in [7, 11) is 0. The summed E-state index contributed by atoms with van der Waals surface area (Å²) in [5.41, 5.74) is -0.512. The van der Waals surface area contributed by atoms with Crippen molar-refractivity contribution in [3.05, 3.63) is 0 Å². The minimum Gasteiger partial charge on any atom is -0.460 e. The van der Waals surface area contributed by atoms with E-state index in [-0.39, 0.29) is 18.1 Å². The summed E-state index contributed by atoms with van der Waals surface area (Å²) < 4.78 is 5.12. The summed E-state index contributed by atoms with van der Waals surface area (Å²) in [6.45, 7) is 7.07. The number of carbonyl (C=O) groups is 2. The molecule has 1 fully saturated rings. The van der Waals surface area contributed by atoms with Crippen molar-refractivity contribution in [1.82, 2.24) is 5.32 Å². The van der Waals surface area contributed by atoms with Crippen molar-refractivity contribution in [3.8, 4) is 0 Å². The molecule has 0 saturated carbocycles. The van der Waals surface area contributed by atoms with Gasteiger partial charge in [0.2, 0.25) is 0 Å². The smallest absolute Gasteiger partial charge is 0.313 e. The van der Waals surface area contributed by atoms with Crippen LogP contribution in [0, 0.1) is 5.92 Å². The van der Waals surface area contributed by atoms with Crippen LogP contribution in [-0.2, 0) is 14.3 Å². The molecule has 1 unspecified atom stereocenters. The first kappa shape index (κ1) is 13.2. The van der Waals surface area contributed by atoms with Crippen LogP contribution in [0.4, 0.5) is 0 Å². The SMILES string of the molecule is CC(C)(C)OC(=O)CC(=O)C1CCCNC1. The number of carbonyl (C=O) groups excluding carboxylic acids is 2. The van der Waals surface area contributed by atoms with Crippen molar-refractivity contribution < 1.29 is 14.3 Å². The summed E-state index contributed by atoms with van der Waals surface area (Å²) in [4.78, 5) is 23.2. The van der Waals surface area contributed by atoms with E-state index >= 15 is 0 Å². The van der Waals surface area contributed by atoms with Crippen molar-refractivity contribution in [3.63, 3.8) is 0 Å². The average Bonchev–Trinajstić information content (AvgIpc) is 2.16. The third kappa shape index (κ3) is 4.75. The molecule has 0 aromatic heterocycles. The first-order chi connectivity index (χ1) is 7.38. The molecule has 1 rings (SSSR count). The Labute approximate surface area is 96.7 Å². The van der Waals surface area contributed by atoms with Gasteiger partial charge in [-0.15, -0.1) is 0 Å². The molecule has 4 heteroatoms. The van der Waals surface area contributed by atoms with Crippen LogP contribution in [0.5, 0.6) is 0 Å². The Bertz CT molecular complexity index is 262. The summed E-state index contributed by atoms with van der Waals surface area (Å²) in [6, 6.07) is 0. The Kier molecular flexibility index (Phi) is 4.47. The zero-order valence-corrected chi connectivity index (χ0v) is 10.3. The van der Waals surface area contributed by atoms with Crippen molar-refractivity contribution in [2.24, 2.45) is 5.92 Å². The average molecular weight is 227 g/mol. The van der Waals surface area contributed by atoms with E-state index in [0.29, 0.717) is 6.54 Å². The van der Waals surface area contributed by atoms with Gasteiger partial charge in [-0.05, 0) is 40.2 Å². The van der Waals surface area contributed by atoms with Crippen LogP contribution in [0.3, 0.4) is 0 Å². The lowest BCUT2D eigenvalue weighted by molar-refractivity contribution is -0.156. The van der Waals surface area contributed by atoms with Crippen LogP contribution in [0.2, 0.25) is 0 Å². The molecule has 0 aromatic rings. The van der Waals surface area contributed by atoms with Gasteiger partial charge in [0.05, 0.1) is 0 Å². The van der Waals surface area contributed by atoms with Crippen molar-refractivity contribution >= 4 is 11.8 Å². The number of hydrogen-bond acceptors (Lipinski definition) is 4. The normalized spacial score (nSPS) is 21.6. The van der Waals surface area contributed by atoms with E-state index in [4.69, 9.17) is 4.74 Å². The number of ketones is 1. The van der Waals surface area contributed by atoms with Crippen molar-refractivity contribution in [2.45, 2.75) is 45.6 Å². The second-order valence-electron chi connectivity index (χ2n) is 5.27. The van der Waals surface area contributed by atoms with Crippen LogP contribution in [0.1, 0.15) is 40.0 Å². The van der Waals surface area contributed by atoms with Crippen molar-refractivity contribution in [2.75, 3.05) is 13.1 Å². The molecule has 4 nitrogen and oxygen atoms in total. The van der Waals surface area contributed by atoms with Gasteiger partial charge in [-0.3, -0.25) is 9.59 Å². The number of hydrogen-bond donors (Lipinski definition) is 1. The van der Waals surface area contributed by atoms with E-state index in [0.717, 1.165) is 19.4 Å². The zero-order valence-electron chi connectivity index (χ0n) is 10.3. The molecule has 0 amide bonds. The Morgan fingerprint density at radius 2 is 2.06 bits per heavy atom. The van der Waals surface area contributed by atoms with E-state index in [2.05, 4.69) is 5.32 Å². The Hall–Kier alpha value is -0.900. The van der Waals surface area contributed by atoms with Crippen molar-refractivity contribution in [1.29, 1.82) is 0 Å². The summed E-state index contributed by atoms with van der Waals surface area (Å²) in [6.07, 6.45) is 1.79. The molecular weight excluding hydrogens is 206 g/mol. The molecule has 0 radical (unpaired) electrons. The van der Waals surface area contributed by atoms with E-state index in [1.165, 1.54) is 0 Å². The molecule has 1 aliphatic heterocycles. The summed E-state index contributed by atoms with van der Waals surface area (Å²) >= 11 is 0. The maximum atomic E-state index is 11.8. The topological polar surface area (TPSA) is 55.4 Å². The lowest BCUT2D eigenvalue weighted by Gasteiger charge is -2.23. The quantitative estimate of drug-likeness (QED) is 0.583. The van der Waals surface area contributed by atoms with Gasteiger partial charge in [-0.2, -0.15) is 0 Å². The predicted molar refractivity (Wildman–Crippen MR) is 61.1 cm³/mol. The highest BCUT2D eigenvalue weighted by atomic mass is 16.6. The van der Waals surface area contributed by atoms with Gasteiger partial charge in [-0.25, -0.2) is 0 Å². The van der Waals surface area contributed by atoms with Gasteiger partial charge in [0, 0.05) is 12.5 Å². The lowest BCUT2D eigenvalue weighted by atomic mass is 9.93. The number of rotatable bonds is 3. The molecule has 0 aliphatic carbocycles. The third-order valence-corrected chi connectivity index (χ3v) is 2.49. The van der Waals surface area contributed by atoms with Gasteiger partial charge < -0.3 is 10.1 Å². The molecule has 1 heterocycles. The molecule has 1 aliphatic rings. The van der Waals surface area contributed by atoms with E-state index in [9.17, 15) is 9.59 Å². The number of piperidine rings is 1. The molecule has 1 N–H and O–H groups in total. The second kappa shape index (κ2) is 5.43. The van der Waals surface area contributed by atoms with E-state index in [1.807, 2.05) is 0 Å². The van der Waals surface area contributed by atoms with Gasteiger partial charge in [0.25, 0.3) is 0 Å². The maximum Gasteiger partial charge on any atom is 0.313 e. The van der Waals surface area contributed by atoms with E-state index < -0.39 is 11.6 Å². The fraction of sp³-hybridized carbons (Fsp3) is 0.833. The van der Waals surface area contributed by atoms with Gasteiger partial charge in [-0.1, -0.05) is 0 Å². The standard InChI is InChI=1S/C12H21NO3/c1-12(2,3)16-11(15)7-10(14)9-5-4-6-13-8-9/h9,13H,4-8H2,1-3H3. The van der Waals surface area contributed by atoms with Crippen LogP contribution >= 0.6 is 0 Å². The van der Waals surface area contributed by atoms with Crippen LogP contribution in [-0.4, -0.2) is 30.4 Å². The minimum absolute atomic E-state index is 0.00134. The maximum absolute atomic E-state index is 11.8. The molecule has 1 saturated heterocycles. The number of nitrogens with one attached hydrogen (secondary N) is 1. The van der Waals surface area contributed by atoms with Gasteiger partial charge in [0.1, 0.15) is 17.8 Å². The molecular formula is C12H21NO3. The van der Waals surface area contributed by atoms with Crippen LogP contribution in [0.15, 0.2) is 0 Å². The largest absolute Gasteiger partial charge is 0.460 e. The number of ether oxygens (including phenoxy) is 1. The summed E-state index contributed by atoms with van der Waals surface area (Å²) in [5.74, 6) is -0.425. The first-order valence-electron chi connectivity index (χ1n) is 5.84. The highest BCUT2D eigenvalue weighted by Crippen LogP contribution is 2.15. The molecule has 0 spiro atoms. The molecule has 0 aromatic carbocycles. The van der Waals surface area contributed by atoms with Crippen LogP contribution < -0.4 is 5.32 Å². The fourth-order valence-electron chi connectivity index (χ4n) is 1.79. The molecule has 0 bridgehead atoms. The molecule has 1 atom stereocenters. The van der Waals surface area contributed by atoms with Gasteiger partial charge >= 0.3 is 5.97 Å². The number of esters is 1. The molecule has 92 valence electrons. The van der Waals surface area contributed by atoms with E-state index in [1.54, 1.807) is 20.8 Å². The second-order valence-corrected chi connectivity index (χ2v) is 5.27. The first-order valence-corrected chi connectivity index (χ1v) is 5.84. The number of Topliss-reactive ketones (excluding diaryl/α,β-unsaturated/α-hetero) is 1. The highest BCUT2D eigenvalue weighted by molar-refractivity contribution is 5.97. The fourth-order valence-corrected chi connectivity index (χ4v) is 1.79. The molecule has 16 heavy (non-hydrogen) atoms.